The molecule has 1 aromatic carbocycles. The highest BCUT2D eigenvalue weighted by molar-refractivity contribution is 5.65. The highest BCUT2D eigenvalue weighted by Crippen LogP contribution is 2.66. The minimum Gasteiger partial charge on any atom is -0.504 e. The molecule has 5 N–H and O–H groups in total. The van der Waals surface area contributed by atoms with Crippen LogP contribution in [-0.4, -0.2) is 59.4 Å². The van der Waals surface area contributed by atoms with Crippen LogP contribution in [0.2, 0.25) is 0 Å². The molecule has 1 aliphatic heterocycles. The maximum Gasteiger partial charge on any atom is 0.162 e. The smallest absolute Gasteiger partial charge is 0.162 e. The van der Waals surface area contributed by atoms with E-state index in [2.05, 4.69) is 5.32 Å². The van der Waals surface area contributed by atoms with E-state index in [4.69, 9.17) is 9.47 Å². The molecule has 5 atom stereocenters. The van der Waals surface area contributed by atoms with Gasteiger partial charge in [-0.3, -0.25) is 0 Å². The molecular formula is C21H29NO6. The van der Waals surface area contributed by atoms with Gasteiger partial charge in [-0.15, -0.1) is 0 Å². The Bertz CT molecular complexity index is 861. The van der Waals surface area contributed by atoms with Gasteiger partial charge < -0.3 is 35.2 Å². The van der Waals surface area contributed by atoms with E-state index >= 15 is 0 Å². The van der Waals surface area contributed by atoms with Gasteiger partial charge in [0.15, 0.2) is 11.5 Å². The number of aliphatic hydroxyl groups is 3. The van der Waals surface area contributed by atoms with Crippen LogP contribution in [0.3, 0.4) is 0 Å². The van der Waals surface area contributed by atoms with E-state index in [-0.39, 0.29) is 11.5 Å². The molecule has 0 amide bonds. The van der Waals surface area contributed by atoms with E-state index in [1.807, 2.05) is 13.8 Å². The van der Waals surface area contributed by atoms with E-state index in [1.54, 1.807) is 19.1 Å². The zero-order valence-corrected chi connectivity index (χ0v) is 16.9. The standard InChI is InChI=1S/C21H29NO6/c1-19(2)18(25)15(24)16(28-5)13-17-20(3,26)10-6-7-11(27-4)14(23)12(10)21(13,19)8-9-22-17/h6-7,15,17-18,22-26H,8-9H2,1-5H3/t15-,17-,18-,20-,21+/m1/s1. The Morgan fingerprint density at radius 2 is 1.79 bits per heavy atom. The lowest BCUT2D eigenvalue weighted by Crippen LogP contribution is -2.70. The first-order valence-corrected chi connectivity index (χ1v) is 9.58. The van der Waals surface area contributed by atoms with Crippen LogP contribution in [0.4, 0.5) is 0 Å². The second-order valence-electron chi connectivity index (χ2n) is 8.82. The van der Waals surface area contributed by atoms with Gasteiger partial charge in [0.1, 0.15) is 17.5 Å². The number of hydrogen-bond donors (Lipinski definition) is 5. The van der Waals surface area contributed by atoms with Crippen LogP contribution in [0.5, 0.6) is 11.5 Å². The third-order valence-electron chi connectivity index (χ3n) is 7.38. The number of piperidine rings is 1. The molecule has 1 aromatic rings. The summed E-state index contributed by atoms with van der Waals surface area (Å²) in [5.41, 5.74) is -1.25. The molecule has 0 radical (unpaired) electrons. The van der Waals surface area contributed by atoms with Crippen molar-refractivity contribution in [3.8, 4) is 11.5 Å². The van der Waals surface area contributed by atoms with Gasteiger partial charge >= 0.3 is 0 Å². The Morgan fingerprint density at radius 1 is 1.11 bits per heavy atom. The number of methoxy groups -OCH3 is 2. The first-order chi connectivity index (χ1) is 13.1. The molecule has 2 bridgehead atoms. The molecule has 0 spiro atoms. The summed E-state index contributed by atoms with van der Waals surface area (Å²) in [5.74, 6) is 0.498. The van der Waals surface area contributed by atoms with Crippen molar-refractivity contribution in [1.29, 1.82) is 0 Å². The van der Waals surface area contributed by atoms with Crippen molar-refractivity contribution in [2.24, 2.45) is 5.41 Å². The predicted molar refractivity (Wildman–Crippen MR) is 102 cm³/mol. The van der Waals surface area contributed by atoms with Gasteiger partial charge in [0.25, 0.3) is 0 Å². The van der Waals surface area contributed by atoms with Crippen molar-refractivity contribution in [2.45, 2.75) is 56.5 Å². The van der Waals surface area contributed by atoms with Gasteiger partial charge in [-0.05, 0) is 31.5 Å². The van der Waals surface area contributed by atoms with Gasteiger partial charge in [0.2, 0.25) is 0 Å². The van der Waals surface area contributed by atoms with Gasteiger partial charge in [-0.2, -0.15) is 0 Å². The SMILES string of the molecule is COC1=C2[C@H]3NCC[C@@]2(c2c(ccc(OC)c2O)[C@@]3(C)O)C(C)(C)[C@H](O)[C@@H]1O. The third-order valence-corrected chi connectivity index (χ3v) is 7.38. The van der Waals surface area contributed by atoms with E-state index in [0.717, 1.165) is 0 Å². The number of fused-ring (bicyclic) bond motifs is 1. The maximum absolute atomic E-state index is 11.5. The second-order valence-corrected chi connectivity index (χ2v) is 8.82. The maximum atomic E-state index is 11.5. The van der Waals surface area contributed by atoms with Crippen molar-refractivity contribution in [3.05, 3.63) is 34.6 Å². The molecule has 28 heavy (non-hydrogen) atoms. The molecule has 1 fully saturated rings. The largest absolute Gasteiger partial charge is 0.504 e. The summed E-state index contributed by atoms with van der Waals surface area (Å²) in [4.78, 5) is 0. The molecule has 7 heteroatoms. The number of phenolic OH excluding ortho intramolecular Hbond substituents is 1. The van der Waals surface area contributed by atoms with E-state index in [9.17, 15) is 20.4 Å². The van der Waals surface area contributed by atoms with Crippen LogP contribution < -0.4 is 10.1 Å². The van der Waals surface area contributed by atoms with Crippen molar-refractivity contribution < 1.29 is 29.9 Å². The molecule has 0 aromatic heterocycles. The van der Waals surface area contributed by atoms with Crippen molar-refractivity contribution >= 4 is 0 Å². The number of phenols is 1. The second kappa shape index (κ2) is 5.86. The fourth-order valence-electron chi connectivity index (χ4n) is 5.90. The summed E-state index contributed by atoms with van der Waals surface area (Å²) in [6.45, 7) is 6.04. The number of ether oxygens (including phenoxy) is 2. The third kappa shape index (κ3) is 1.98. The summed E-state index contributed by atoms with van der Waals surface area (Å²) < 4.78 is 10.9. The van der Waals surface area contributed by atoms with E-state index < -0.39 is 34.7 Å². The molecule has 2 aliphatic carbocycles. The van der Waals surface area contributed by atoms with Gasteiger partial charge in [-0.1, -0.05) is 19.9 Å². The average Bonchev–Trinajstić information content (AvgIpc) is 2.65. The Balaban J connectivity index is 2.22. The predicted octanol–water partition coefficient (Wildman–Crippen LogP) is 0.884. The minimum atomic E-state index is -1.36. The van der Waals surface area contributed by atoms with Crippen LogP contribution in [0.15, 0.2) is 23.5 Å². The lowest BCUT2D eigenvalue weighted by molar-refractivity contribution is -0.119. The average molecular weight is 391 g/mol. The van der Waals surface area contributed by atoms with Gasteiger partial charge in [-0.25, -0.2) is 0 Å². The number of rotatable bonds is 2. The molecule has 3 aliphatic rings. The van der Waals surface area contributed by atoms with Gasteiger partial charge in [0.05, 0.1) is 26.4 Å². The summed E-state index contributed by atoms with van der Waals surface area (Å²) in [6, 6.07) is 2.88. The lowest BCUT2D eigenvalue weighted by atomic mass is 9.44. The molecule has 1 heterocycles. The molecule has 1 saturated heterocycles. The number of nitrogens with one attached hydrogen (secondary N) is 1. The number of aromatic hydroxyl groups is 1. The van der Waals surface area contributed by atoms with E-state index in [0.29, 0.717) is 35.4 Å². The van der Waals surface area contributed by atoms with Crippen molar-refractivity contribution in [2.75, 3.05) is 20.8 Å². The van der Waals surface area contributed by atoms with Crippen LogP contribution in [0.1, 0.15) is 38.3 Å². The summed E-state index contributed by atoms with van der Waals surface area (Å²) in [5, 5.41) is 48.0. The zero-order chi connectivity index (χ0) is 20.6. The fraction of sp³-hybridized carbons (Fsp3) is 0.619. The van der Waals surface area contributed by atoms with Crippen LogP contribution >= 0.6 is 0 Å². The molecule has 154 valence electrons. The minimum absolute atomic E-state index is 0.0507. The Kier molecular flexibility index (Phi) is 4.08. The Hall–Kier alpha value is -1.80. The van der Waals surface area contributed by atoms with Gasteiger partial charge in [0, 0.05) is 22.0 Å². The number of benzene rings is 1. The Morgan fingerprint density at radius 3 is 2.39 bits per heavy atom. The van der Waals surface area contributed by atoms with Crippen LogP contribution in [0.25, 0.3) is 0 Å². The summed E-state index contributed by atoms with van der Waals surface area (Å²) >= 11 is 0. The highest BCUT2D eigenvalue weighted by atomic mass is 16.5. The fourth-order valence-corrected chi connectivity index (χ4v) is 5.90. The first-order valence-electron chi connectivity index (χ1n) is 9.58. The first kappa shape index (κ1) is 19.5. The number of hydrogen-bond acceptors (Lipinski definition) is 7. The number of aliphatic hydroxyl groups excluding tert-OH is 2. The lowest BCUT2D eigenvalue weighted by Gasteiger charge is -2.64. The summed E-state index contributed by atoms with van der Waals surface area (Å²) in [7, 11) is 2.93. The van der Waals surface area contributed by atoms with Crippen LogP contribution in [0, 0.1) is 5.41 Å². The topological polar surface area (TPSA) is 111 Å². The van der Waals surface area contributed by atoms with Crippen LogP contribution in [-0.2, 0) is 15.8 Å². The highest BCUT2D eigenvalue weighted by Gasteiger charge is 2.68. The van der Waals surface area contributed by atoms with E-state index in [1.165, 1.54) is 14.2 Å². The van der Waals surface area contributed by atoms with Crippen molar-refractivity contribution in [1.82, 2.24) is 5.32 Å². The quantitative estimate of drug-likeness (QED) is 0.509. The molecule has 0 saturated carbocycles. The molecule has 0 unspecified atom stereocenters. The molecule has 4 rings (SSSR count). The molecule has 7 nitrogen and oxygen atoms in total. The summed E-state index contributed by atoms with van der Waals surface area (Å²) in [6.07, 6.45) is -1.78. The zero-order valence-electron chi connectivity index (χ0n) is 16.9. The molecular weight excluding hydrogens is 362 g/mol. The normalized spacial score (nSPS) is 38.5. The van der Waals surface area contributed by atoms with Crippen molar-refractivity contribution in [3.63, 3.8) is 0 Å². The monoisotopic (exact) mass is 391 g/mol. The Labute approximate surface area is 164 Å².